The van der Waals surface area contributed by atoms with Gasteiger partial charge in [0.15, 0.2) is 5.13 Å². The largest absolute Gasteiger partial charge is 0.465 e. The maximum absolute atomic E-state index is 11.4. The molecule has 1 aromatic rings. The number of methoxy groups -OCH3 is 2. The third kappa shape index (κ3) is 4.14. The van der Waals surface area contributed by atoms with Crippen LogP contribution in [0.15, 0.2) is 0 Å². The predicted molar refractivity (Wildman–Crippen MR) is 68.0 cm³/mol. The quantitative estimate of drug-likeness (QED) is 0.470. The van der Waals surface area contributed by atoms with Gasteiger partial charge < -0.3 is 14.8 Å². The van der Waals surface area contributed by atoms with Gasteiger partial charge >= 0.3 is 5.97 Å². The Morgan fingerprint density at radius 2 is 2.29 bits per heavy atom. The average molecular weight is 279 g/mol. The van der Waals surface area contributed by atoms with Crippen molar-refractivity contribution in [3.8, 4) is 0 Å². The van der Waals surface area contributed by atoms with Crippen LogP contribution in [-0.2, 0) is 15.4 Å². The van der Waals surface area contributed by atoms with E-state index in [0.717, 1.165) is 13.0 Å². The maximum atomic E-state index is 11.4. The van der Waals surface area contributed by atoms with Crippen molar-refractivity contribution in [3.63, 3.8) is 0 Å². The molecule has 5 nitrogen and oxygen atoms in total. The standard InChI is InChI=1S/C10H15ClN2O3S/c1-15-5-3-4-12-10-13-7(6-11)8(17-10)9(14)16-2/h3-6H2,1-2H3,(H,12,13). The Labute approximate surface area is 109 Å². The van der Waals surface area contributed by atoms with Crippen LogP contribution in [0.3, 0.4) is 0 Å². The molecular weight excluding hydrogens is 264 g/mol. The number of nitrogens with one attached hydrogen (secondary N) is 1. The number of ether oxygens (including phenoxy) is 2. The first kappa shape index (κ1) is 14.2. The minimum absolute atomic E-state index is 0.195. The number of carbonyl (C=O) groups excluding carboxylic acids is 1. The Kier molecular flexibility index (Phi) is 6.25. The highest BCUT2D eigenvalue weighted by atomic mass is 35.5. The molecule has 0 saturated carbocycles. The molecular formula is C10H15ClN2O3S. The number of halogens is 1. The second-order valence-corrected chi connectivity index (χ2v) is 4.46. The van der Waals surface area contributed by atoms with Gasteiger partial charge in [-0.1, -0.05) is 11.3 Å². The van der Waals surface area contributed by atoms with Crippen LogP contribution in [0.2, 0.25) is 0 Å². The van der Waals surface area contributed by atoms with Crippen molar-refractivity contribution in [1.82, 2.24) is 4.98 Å². The highest BCUT2D eigenvalue weighted by Crippen LogP contribution is 2.25. The lowest BCUT2D eigenvalue weighted by atomic mass is 10.4. The molecule has 0 spiro atoms. The zero-order valence-corrected chi connectivity index (χ0v) is 11.4. The van der Waals surface area contributed by atoms with Crippen molar-refractivity contribution in [3.05, 3.63) is 10.6 Å². The first-order chi connectivity index (χ1) is 8.22. The van der Waals surface area contributed by atoms with Gasteiger partial charge in [0, 0.05) is 20.3 Å². The Balaban J connectivity index is 2.62. The summed E-state index contributed by atoms with van der Waals surface area (Å²) in [5.74, 6) is -0.205. The number of alkyl halides is 1. The van der Waals surface area contributed by atoms with E-state index in [1.54, 1.807) is 7.11 Å². The van der Waals surface area contributed by atoms with Crippen LogP contribution in [-0.4, -0.2) is 38.3 Å². The minimum Gasteiger partial charge on any atom is -0.465 e. The minimum atomic E-state index is -0.400. The lowest BCUT2D eigenvalue weighted by Crippen LogP contribution is -2.04. The Morgan fingerprint density at radius 3 is 2.88 bits per heavy atom. The summed E-state index contributed by atoms with van der Waals surface area (Å²) in [5, 5.41) is 3.79. The number of esters is 1. The molecule has 0 aromatic carbocycles. The lowest BCUT2D eigenvalue weighted by Gasteiger charge is -2.00. The summed E-state index contributed by atoms with van der Waals surface area (Å²) in [7, 11) is 3.00. The SMILES string of the molecule is COCCCNc1nc(CCl)c(C(=O)OC)s1. The van der Waals surface area contributed by atoms with Crippen molar-refractivity contribution < 1.29 is 14.3 Å². The number of carbonyl (C=O) groups is 1. The van der Waals surface area contributed by atoms with E-state index in [4.69, 9.17) is 16.3 Å². The second-order valence-electron chi connectivity index (χ2n) is 3.19. The number of rotatable bonds is 7. The molecule has 1 N–H and O–H groups in total. The van der Waals surface area contributed by atoms with E-state index >= 15 is 0 Å². The van der Waals surface area contributed by atoms with E-state index in [2.05, 4.69) is 15.0 Å². The second kappa shape index (κ2) is 7.47. The summed E-state index contributed by atoms with van der Waals surface area (Å²) in [6.07, 6.45) is 0.875. The van der Waals surface area contributed by atoms with Crippen LogP contribution in [0, 0.1) is 0 Å². The fourth-order valence-corrected chi connectivity index (χ4v) is 2.38. The topological polar surface area (TPSA) is 60.5 Å². The molecule has 0 aliphatic carbocycles. The molecule has 1 aromatic heterocycles. The van der Waals surface area contributed by atoms with E-state index in [-0.39, 0.29) is 5.88 Å². The molecule has 0 unspecified atom stereocenters. The molecule has 0 atom stereocenters. The molecule has 0 bridgehead atoms. The van der Waals surface area contributed by atoms with E-state index < -0.39 is 5.97 Å². The van der Waals surface area contributed by atoms with Gasteiger partial charge in [-0.05, 0) is 6.42 Å². The normalized spacial score (nSPS) is 10.3. The summed E-state index contributed by atoms with van der Waals surface area (Å²) < 4.78 is 9.59. The summed E-state index contributed by atoms with van der Waals surface area (Å²) >= 11 is 6.97. The molecule has 7 heteroatoms. The maximum Gasteiger partial charge on any atom is 0.350 e. The molecule has 1 rings (SSSR count). The number of hydrogen-bond acceptors (Lipinski definition) is 6. The van der Waals surface area contributed by atoms with Gasteiger partial charge in [-0.2, -0.15) is 0 Å². The molecule has 1 heterocycles. The van der Waals surface area contributed by atoms with Crippen molar-refractivity contribution in [1.29, 1.82) is 0 Å². The number of hydrogen-bond donors (Lipinski definition) is 1. The fourth-order valence-electron chi connectivity index (χ4n) is 1.18. The number of aromatic nitrogens is 1. The van der Waals surface area contributed by atoms with Crippen LogP contribution < -0.4 is 5.32 Å². The smallest absolute Gasteiger partial charge is 0.350 e. The lowest BCUT2D eigenvalue weighted by molar-refractivity contribution is 0.0605. The third-order valence-electron chi connectivity index (χ3n) is 2.00. The van der Waals surface area contributed by atoms with Gasteiger partial charge in [0.25, 0.3) is 0 Å². The van der Waals surface area contributed by atoms with Crippen molar-refractivity contribution >= 4 is 34.0 Å². The van der Waals surface area contributed by atoms with Gasteiger partial charge in [-0.25, -0.2) is 9.78 Å². The Hall–Kier alpha value is -0.850. The van der Waals surface area contributed by atoms with Gasteiger partial charge in [0.2, 0.25) is 0 Å². The molecule has 0 radical (unpaired) electrons. The monoisotopic (exact) mass is 278 g/mol. The van der Waals surface area contributed by atoms with Gasteiger partial charge in [0.1, 0.15) is 4.88 Å². The summed E-state index contributed by atoms with van der Waals surface area (Å²) in [6.45, 7) is 1.42. The van der Waals surface area contributed by atoms with Crippen molar-refractivity contribution in [2.24, 2.45) is 0 Å². The van der Waals surface area contributed by atoms with E-state index in [1.807, 2.05) is 0 Å². The van der Waals surface area contributed by atoms with Crippen LogP contribution in [0.25, 0.3) is 0 Å². The summed E-state index contributed by atoms with van der Waals surface area (Å²) in [4.78, 5) is 16.1. The first-order valence-electron chi connectivity index (χ1n) is 5.09. The highest BCUT2D eigenvalue weighted by molar-refractivity contribution is 7.17. The molecule has 0 saturated heterocycles. The highest BCUT2D eigenvalue weighted by Gasteiger charge is 2.17. The van der Waals surface area contributed by atoms with Crippen LogP contribution in [0.4, 0.5) is 5.13 Å². The molecule has 0 aliphatic rings. The number of nitrogens with zero attached hydrogens (tertiary/aromatic N) is 1. The van der Waals surface area contributed by atoms with Gasteiger partial charge in [-0.3, -0.25) is 0 Å². The molecule has 0 fully saturated rings. The zero-order valence-electron chi connectivity index (χ0n) is 9.79. The molecule has 17 heavy (non-hydrogen) atoms. The zero-order chi connectivity index (χ0) is 12.7. The summed E-state index contributed by atoms with van der Waals surface area (Å²) in [6, 6.07) is 0. The van der Waals surface area contributed by atoms with E-state index in [1.165, 1.54) is 18.4 Å². The van der Waals surface area contributed by atoms with E-state index in [9.17, 15) is 4.79 Å². The molecule has 0 amide bonds. The average Bonchev–Trinajstić information content (AvgIpc) is 2.77. The van der Waals surface area contributed by atoms with Crippen LogP contribution in [0.5, 0.6) is 0 Å². The molecule has 96 valence electrons. The number of anilines is 1. The van der Waals surface area contributed by atoms with Crippen LogP contribution >= 0.6 is 22.9 Å². The Morgan fingerprint density at radius 1 is 1.53 bits per heavy atom. The number of thiazole rings is 1. The molecule has 0 aliphatic heterocycles. The first-order valence-corrected chi connectivity index (χ1v) is 6.44. The van der Waals surface area contributed by atoms with Crippen LogP contribution in [0.1, 0.15) is 21.8 Å². The van der Waals surface area contributed by atoms with E-state index in [0.29, 0.717) is 22.3 Å². The Bertz CT molecular complexity index is 370. The summed E-state index contributed by atoms with van der Waals surface area (Å²) in [5.41, 5.74) is 0.553. The van der Waals surface area contributed by atoms with Crippen molar-refractivity contribution in [2.45, 2.75) is 12.3 Å². The third-order valence-corrected chi connectivity index (χ3v) is 3.28. The van der Waals surface area contributed by atoms with Gasteiger partial charge in [-0.15, -0.1) is 11.6 Å². The van der Waals surface area contributed by atoms with Gasteiger partial charge in [0.05, 0.1) is 18.7 Å². The predicted octanol–water partition coefficient (Wildman–Crippen LogP) is 2.12. The van der Waals surface area contributed by atoms with Crippen molar-refractivity contribution in [2.75, 3.05) is 32.7 Å². The fraction of sp³-hybridized carbons (Fsp3) is 0.600.